The Morgan fingerprint density at radius 2 is 1.86 bits per heavy atom. The van der Waals surface area contributed by atoms with Crippen molar-refractivity contribution in [2.75, 3.05) is 6.26 Å². The SMILES string of the molecule is CS(=O)(=O)C1CCCC(C2CCc3ccccc3C2=O)C1. The molecule has 1 fully saturated rings. The van der Waals surface area contributed by atoms with E-state index >= 15 is 0 Å². The van der Waals surface area contributed by atoms with Gasteiger partial charge < -0.3 is 0 Å². The van der Waals surface area contributed by atoms with Crippen LogP contribution in [0.15, 0.2) is 24.3 Å². The first kappa shape index (κ1) is 14.8. The summed E-state index contributed by atoms with van der Waals surface area (Å²) in [6.07, 6.45) is 6.48. The van der Waals surface area contributed by atoms with E-state index < -0.39 is 9.84 Å². The van der Waals surface area contributed by atoms with Crippen LogP contribution in [-0.2, 0) is 16.3 Å². The molecule has 0 aromatic heterocycles. The zero-order valence-electron chi connectivity index (χ0n) is 12.4. The molecular formula is C17H22O3S. The van der Waals surface area contributed by atoms with Gasteiger partial charge >= 0.3 is 0 Å². The Morgan fingerprint density at radius 1 is 1.10 bits per heavy atom. The number of hydrogen-bond acceptors (Lipinski definition) is 3. The molecule has 3 nitrogen and oxygen atoms in total. The maximum atomic E-state index is 12.7. The molecular weight excluding hydrogens is 284 g/mol. The van der Waals surface area contributed by atoms with Crippen LogP contribution < -0.4 is 0 Å². The Morgan fingerprint density at radius 3 is 2.62 bits per heavy atom. The summed E-state index contributed by atoms with van der Waals surface area (Å²) in [6.45, 7) is 0. The Kier molecular flexibility index (Phi) is 3.91. The fourth-order valence-electron chi connectivity index (χ4n) is 4.01. The standard InChI is InChI=1S/C17H22O3S/c1-21(19,20)14-7-4-6-13(11-14)16-10-9-12-5-2-3-8-15(12)17(16)18/h2-3,5,8,13-14,16H,4,6-7,9-11H2,1H3. The molecule has 4 heteroatoms. The van der Waals surface area contributed by atoms with E-state index in [1.54, 1.807) is 0 Å². The second kappa shape index (κ2) is 5.56. The zero-order valence-corrected chi connectivity index (χ0v) is 13.2. The normalized spacial score (nSPS) is 30.0. The summed E-state index contributed by atoms with van der Waals surface area (Å²) in [5.41, 5.74) is 2.00. The number of rotatable bonds is 2. The van der Waals surface area contributed by atoms with Gasteiger partial charge in [-0.05, 0) is 43.6 Å². The maximum Gasteiger partial charge on any atom is 0.166 e. The van der Waals surface area contributed by atoms with E-state index in [1.807, 2.05) is 24.3 Å². The number of sulfone groups is 1. The van der Waals surface area contributed by atoms with E-state index in [1.165, 1.54) is 6.26 Å². The quantitative estimate of drug-likeness (QED) is 0.844. The number of carbonyl (C=O) groups excluding carboxylic acids is 1. The molecule has 2 aliphatic carbocycles. The number of fused-ring (bicyclic) bond motifs is 1. The molecule has 1 saturated carbocycles. The fraction of sp³-hybridized carbons (Fsp3) is 0.588. The summed E-state index contributed by atoms with van der Waals surface area (Å²) in [6, 6.07) is 7.84. The van der Waals surface area contributed by atoms with Crippen LogP contribution in [0.1, 0.15) is 48.0 Å². The third-order valence-corrected chi connectivity index (χ3v) is 6.82. The minimum Gasteiger partial charge on any atom is -0.294 e. The molecule has 0 spiro atoms. The summed E-state index contributed by atoms with van der Waals surface area (Å²) in [4.78, 5) is 12.7. The van der Waals surface area contributed by atoms with Gasteiger partial charge in [-0.3, -0.25) is 4.79 Å². The van der Waals surface area contributed by atoms with Gasteiger partial charge in [-0.25, -0.2) is 8.42 Å². The summed E-state index contributed by atoms with van der Waals surface area (Å²) in [5, 5.41) is -0.249. The second-order valence-corrected chi connectivity index (χ2v) is 8.87. The fourth-order valence-corrected chi connectivity index (χ4v) is 5.20. The van der Waals surface area contributed by atoms with Gasteiger partial charge in [0.1, 0.15) is 9.84 Å². The van der Waals surface area contributed by atoms with Gasteiger partial charge in [-0.2, -0.15) is 0 Å². The van der Waals surface area contributed by atoms with E-state index in [4.69, 9.17) is 0 Å². The average molecular weight is 306 g/mol. The number of hydrogen-bond donors (Lipinski definition) is 0. The molecule has 0 radical (unpaired) electrons. The van der Waals surface area contributed by atoms with Crippen LogP contribution in [0, 0.1) is 11.8 Å². The molecule has 114 valence electrons. The highest BCUT2D eigenvalue weighted by atomic mass is 32.2. The third-order valence-electron chi connectivity index (χ3n) is 5.19. The minimum absolute atomic E-state index is 0.0180. The first-order valence-electron chi connectivity index (χ1n) is 7.78. The molecule has 0 aliphatic heterocycles. The highest BCUT2D eigenvalue weighted by Crippen LogP contribution is 2.39. The van der Waals surface area contributed by atoms with Crippen LogP contribution in [0.5, 0.6) is 0 Å². The van der Waals surface area contributed by atoms with Crippen molar-refractivity contribution in [3.63, 3.8) is 0 Å². The van der Waals surface area contributed by atoms with Crippen molar-refractivity contribution in [1.29, 1.82) is 0 Å². The van der Waals surface area contributed by atoms with Crippen LogP contribution >= 0.6 is 0 Å². The Labute approximate surface area is 126 Å². The van der Waals surface area contributed by atoms with Gasteiger partial charge in [0.05, 0.1) is 5.25 Å². The molecule has 0 heterocycles. The third kappa shape index (κ3) is 2.91. The molecule has 3 unspecified atom stereocenters. The largest absolute Gasteiger partial charge is 0.294 e. The van der Waals surface area contributed by atoms with Crippen molar-refractivity contribution in [2.45, 2.75) is 43.8 Å². The summed E-state index contributed by atoms with van der Waals surface area (Å²) in [5.74, 6) is 0.486. The molecule has 3 rings (SSSR count). The zero-order chi connectivity index (χ0) is 15.0. The lowest BCUT2D eigenvalue weighted by Crippen LogP contribution is -2.36. The molecule has 1 aromatic carbocycles. The summed E-state index contributed by atoms with van der Waals surface area (Å²) in [7, 11) is -2.99. The highest BCUT2D eigenvalue weighted by molar-refractivity contribution is 7.91. The molecule has 0 bridgehead atoms. The Hall–Kier alpha value is -1.16. The number of aryl methyl sites for hydroxylation is 1. The number of carbonyl (C=O) groups is 1. The minimum atomic E-state index is -2.99. The lowest BCUT2D eigenvalue weighted by Gasteiger charge is -2.35. The Balaban J connectivity index is 1.81. The number of benzene rings is 1. The highest BCUT2D eigenvalue weighted by Gasteiger charge is 2.38. The topological polar surface area (TPSA) is 51.2 Å². The van der Waals surface area contributed by atoms with Gasteiger partial charge in [0.25, 0.3) is 0 Å². The van der Waals surface area contributed by atoms with Gasteiger partial charge in [-0.1, -0.05) is 30.7 Å². The van der Waals surface area contributed by atoms with Crippen molar-refractivity contribution >= 4 is 15.6 Å². The van der Waals surface area contributed by atoms with Gasteiger partial charge in [-0.15, -0.1) is 0 Å². The van der Waals surface area contributed by atoms with Gasteiger partial charge in [0.15, 0.2) is 5.78 Å². The lowest BCUT2D eigenvalue weighted by molar-refractivity contribution is 0.0820. The monoisotopic (exact) mass is 306 g/mol. The van der Waals surface area contributed by atoms with Crippen LogP contribution in [-0.4, -0.2) is 25.7 Å². The molecule has 0 N–H and O–H groups in total. The van der Waals surface area contributed by atoms with Gasteiger partial charge in [0.2, 0.25) is 0 Å². The number of ketones is 1. The van der Waals surface area contributed by atoms with Crippen LogP contribution in [0.4, 0.5) is 0 Å². The first-order chi connectivity index (χ1) is 9.97. The van der Waals surface area contributed by atoms with Crippen molar-refractivity contribution in [2.24, 2.45) is 11.8 Å². The van der Waals surface area contributed by atoms with Crippen molar-refractivity contribution in [1.82, 2.24) is 0 Å². The smallest absolute Gasteiger partial charge is 0.166 e. The predicted octanol–water partition coefficient (Wildman–Crippen LogP) is 3.04. The van der Waals surface area contributed by atoms with E-state index in [9.17, 15) is 13.2 Å². The van der Waals surface area contributed by atoms with Crippen LogP contribution in [0.3, 0.4) is 0 Å². The molecule has 0 saturated heterocycles. The average Bonchev–Trinajstić information content (AvgIpc) is 2.47. The first-order valence-corrected chi connectivity index (χ1v) is 9.73. The van der Waals surface area contributed by atoms with Gasteiger partial charge in [0, 0.05) is 17.7 Å². The summed E-state index contributed by atoms with van der Waals surface area (Å²) < 4.78 is 23.6. The van der Waals surface area contributed by atoms with Crippen molar-refractivity contribution in [3.8, 4) is 0 Å². The molecule has 0 amide bonds. The predicted molar refractivity (Wildman–Crippen MR) is 83.2 cm³/mol. The lowest BCUT2D eigenvalue weighted by atomic mass is 9.71. The summed E-state index contributed by atoms with van der Waals surface area (Å²) >= 11 is 0. The Bertz CT molecular complexity index is 648. The van der Waals surface area contributed by atoms with Crippen LogP contribution in [0.2, 0.25) is 0 Å². The molecule has 2 aliphatic rings. The molecule has 1 aromatic rings. The van der Waals surface area contributed by atoms with Crippen molar-refractivity contribution < 1.29 is 13.2 Å². The molecule has 21 heavy (non-hydrogen) atoms. The number of Topliss-reactive ketones (excluding diaryl/α,β-unsaturated/α-hetero) is 1. The second-order valence-electron chi connectivity index (χ2n) is 6.54. The van der Waals surface area contributed by atoms with E-state index in [2.05, 4.69) is 0 Å². The molecule has 3 atom stereocenters. The van der Waals surface area contributed by atoms with E-state index in [0.717, 1.165) is 43.2 Å². The van der Waals surface area contributed by atoms with E-state index in [-0.39, 0.29) is 22.9 Å². The van der Waals surface area contributed by atoms with Crippen LogP contribution in [0.25, 0.3) is 0 Å². The maximum absolute atomic E-state index is 12.7. The van der Waals surface area contributed by atoms with Crippen molar-refractivity contribution in [3.05, 3.63) is 35.4 Å². The van der Waals surface area contributed by atoms with E-state index in [0.29, 0.717) is 6.42 Å².